The molecule has 2 nitrogen and oxygen atoms in total. The van der Waals surface area contributed by atoms with Crippen LogP contribution in [0.4, 0.5) is 0 Å². The van der Waals surface area contributed by atoms with E-state index < -0.39 is 0 Å². The Morgan fingerprint density at radius 3 is 1.50 bits per heavy atom. The average Bonchev–Trinajstić information content (AvgIpc) is 2.38. The molecule has 0 fully saturated rings. The minimum Gasteiger partial charge on any atom is -0.393 e. The first-order valence-corrected chi connectivity index (χ1v) is 7.09. The predicted molar refractivity (Wildman–Crippen MR) is 82.6 cm³/mol. The van der Waals surface area contributed by atoms with Crippen molar-refractivity contribution < 1.29 is 10.2 Å². The molecule has 0 heterocycles. The Balaban J connectivity index is 2.26. The van der Waals surface area contributed by atoms with Gasteiger partial charge in [0.05, 0.1) is 12.2 Å². The molecule has 0 spiro atoms. The molecule has 2 atom stereocenters. The van der Waals surface area contributed by atoms with E-state index in [2.05, 4.69) is 24.3 Å². The lowest BCUT2D eigenvalue weighted by Crippen LogP contribution is -2.04. The summed E-state index contributed by atoms with van der Waals surface area (Å²) in [4.78, 5) is 0. The summed E-state index contributed by atoms with van der Waals surface area (Å²) in [6, 6.07) is 16.5. The van der Waals surface area contributed by atoms with E-state index in [4.69, 9.17) is 0 Å². The molecule has 0 radical (unpaired) electrons. The van der Waals surface area contributed by atoms with E-state index in [1.54, 1.807) is 13.8 Å². The molecule has 0 saturated carbocycles. The fraction of sp³-hybridized carbons (Fsp3) is 0.333. The Morgan fingerprint density at radius 2 is 1.15 bits per heavy atom. The summed E-state index contributed by atoms with van der Waals surface area (Å²) in [5, 5.41) is 19.0. The number of rotatable bonds is 5. The average molecular weight is 270 g/mol. The SMILES string of the molecule is CC(O)Cc1cccc(-c2cccc(CC(C)O)c2)c1. The van der Waals surface area contributed by atoms with Gasteiger partial charge in [-0.05, 0) is 48.9 Å². The summed E-state index contributed by atoms with van der Waals surface area (Å²) < 4.78 is 0. The minimum absolute atomic E-state index is 0.327. The smallest absolute Gasteiger partial charge is 0.0552 e. The predicted octanol–water partition coefficient (Wildman–Crippen LogP) is 3.20. The molecular weight excluding hydrogens is 248 g/mol. The molecule has 2 N–H and O–H groups in total. The van der Waals surface area contributed by atoms with Crippen LogP contribution in [0, 0.1) is 0 Å². The van der Waals surface area contributed by atoms with Gasteiger partial charge >= 0.3 is 0 Å². The van der Waals surface area contributed by atoms with Crippen LogP contribution in [0.25, 0.3) is 11.1 Å². The lowest BCUT2D eigenvalue weighted by molar-refractivity contribution is 0.195. The van der Waals surface area contributed by atoms with E-state index >= 15 is 0 Å². The van der Waals surface area contributed by atoms with Crippen LogP contribution in [-0.2, 0) is 12.8 Å². The summed E-state index contributed by atoms with van der Waals surface area (Å²) in [5.74, 6) is 0. The highest BCUT2D eigenvalue weighted by molar-refractivity contribution is 5.65. The minimum atomic E-state index is -0.327. The second kappa shape index (κ2) is 6.69. The standard InChI is InChI=1S/C18H22O2/c1-13(19)9-15-5-3-7-17(11-15)18-8-4-6-16(12-18)10-14(2)20/h3-8,11-14,19-20H,9-10H2,1-2H3. The van der Waals surface area contributed by atoms with Gasteiger partial charge in [0, 0.05) is 0 Å². The van der Waals surface area contributed by atoms with Gasteiger partial charge in [-0.25, -0.2) is 0 Å². The second-order valence-corrected chi connectivity index (χ2v) is 5.51. The van der Waals surface area contributed by atoms with Crippen LogP contribution in [0.2, 0.25) is 0 Å². The van der Waals surface area contributed by atoms with Crippen molar-refractivity contribution in [2.45, 2.75) is 38.9 Å². The third kappa shape index (κ3) is 4.19. The maximum atomic E-state index is 9.48. The highest BCUT2D eigenvalue weighted by Gasteiger charge is 2.04. The van der Waals surface area contributed by atoms with Gasteiger partial charge in [-0.1, -0.05) is 48.5 Å². The van der Waals surface area contributed by atoms with Crippen molar-refractivity contribution in [2.75, 3.05) is 0 Å². The third-order valence-corrected chi connectivity index (χ3v) is 3.25. The summed E-state index contributed by atoms with van der Waals surface area (Å²) in [6.45, 7) is 3.60. The van der Waals surface area contributed by atoms with Gasteiger partial charge in [-0.3, -0.25) is 0 Å². The highest BCUT2D eigenvalue weighted by atomic mass is 16.3. The number of hydrogen-bond acceptors (Lipinski definition) is 2. The molecule has 0 saturated heterocycles. The lowest BCUT2D eigenvalue weighted by Gasteiger charge is -2.10. The van der Waals surface area contributed by atoms with Crippen molar-refractivity contribution in [2.24, 2.45) is 0 Å². The van der Waals surface area contributed by atoms with E-state index in [0.717, 1.165) is 22.3 Å². The van der Waals surface area contributed by atoms with E-state index in [1.807, 2.05) is 24.3 Å². The monoisotopic (exact) mass is 270 g/mol. The molecule has 2 aromatic rings. The molecule has 0 aliphatic carbocycles. The van der Waals surface area contributed by atoms with Crippen molar-refractivity contribution in [3.8, 4) is 11.1 Å². The van der Waals surface area contributed by atoms with Crippen LogP contribution in [0.5, 0.6) is 0 Å². The fourth-order valence-electron chi connectivity index (χ4n) is 2.44. The van der Waals surface area contributed by atoms with Crippen molar-refractivity contribution in [1.29, 1.82) is 0 Å². The molecule has 2 unspecified atom stereocenters. The van der Waals surface area contributed by atoms with Crippen molar-refractivity contribution in [1.82, 2.24) is 0 Å². The summed E-state index contributed by atoms with van der Waals surface area (Å²) >= 11 is 0. The molecule has 0 aliphatic heterocycles. The molecule has 0 amide bonds. The number of aliphatic hydroxyl groups is 2. The van der Waals surface area contributed by atoms with Gasteiger partial charge in [0.25, 0.3) is 0 Å². The maximum Gasteiger partial charge on any atom is 0.0552 e. The van der Waals surface area contributed by atoms with E-state index in [-0.39, 0.29) is 12.2 Å². The van der Waals surface area contributed by atoms with Gasteiger partial charge in [-0.15, -0.1) is 0 Å². The van der Waals surface area contributed by atoms with Gasteiger partial charge < -0.3 is 10.2 Å². The Morgan fingerprint density at radius 1 is 0.750 bits per heavy atom. The molecule has 0 aromatic heterocycles. The lowest BCUT2D eigenvalue weighted by atomic mass is 9.98. The van der Waals surface area contributed by atoms with Crippen LogP contribution in [-0.4, -0.2) is 22.4 Å². The van der Waals surface area contributed by atoms with E-state index in [0.29, 0.717) is 12.8 Å². The second-order valence-electron chi connectivity index (χ2n) is 5.51. The highest BCUT2D eigenvalue weighted by Crippen LogP contribution is 2.22. The van der Waals surface area contributed by atoms with Crippen LogP contribution in [0.1, 0.15) is 25.0 Å². The number of benzene rings is 2. The van der Waals surface area contributed by atoms with Crippen LogP contribution in [0.3, 0.4) is 0 Å². The third-order valence-electron chi connectivity index (χ3n) is 3.25. The largest absolute Gasteiger partial charge is 0.393 e. The normalized spacial score (nSPS) is 14.0. The molecule has 20 heavy (non-hydrogen) atoms. The van der Waals surface area contributed by atoms with Gasteiger partial charge in [0.2, 0.25) is 0 Å². The molecule has 2 rings (SSSR count). The Hall–Kier alpha value is -1.64. The maximum absolute atomic E-state index is 9.48. The summed E-state index contributed by atoms with van der Waals surface area (Å²) in [6.07, 6.45) is 0.682. The number of hydrogen-bond donors (Lipinski definition) is 2. The van der Waals surface area contributed by atoms with Crippen molar-refractivity contribution >= 4 is 0 Å². The zero-order valence-corrected chi connectivity index (χ0v) is 12.1. The first kappa shape index (κ1) is 14.8. The zero-order chi connectivity index (χ0) is 14.5. The van der Waals surface area contributed by atoms with E-state index in [9.17, 15) is 10.2 Å². The number of aliphatic hydroxyl groups excluding tert-OH is 2. The molecule has 2 aromatic carbocycles. The van der Waals surface area contributed by atoms with Gasteiger partial charge in [-0.2, -0.15) is 0 Å². The summed E-state index contributed by atoms with van der Waals surface area (Å²) in [7, 11) is 0. The molecule has 106 valence electrons. The Kier molecular flexibility index (Phi) is 4.94. The Labute approximate surface area is 120 Å². The summed E-state index contributed by atoms with van der Waals surface area (Å²) in [5.41, 5.74) is 4.57. The quantitative estimate of drug-likeness (QED) is 0.876. The first-order chi connectivity index (χ1) is 9.54. The Bertz CT molecular complexity index is 507. The van der Waals surface area contributed by atoms with Crippen LogP contribution in [0.15, 0.2) is 48.5 Å². The van der Waals surface area contributed by atoms with Gasteiger partial charge in [0.1, 0.15) is 0 Å². The van der Waals surface area contributed by atoms with Crippen LogP contribution < -0.4 is 0 Å². The molecule has 0 bridgehead atoms. The van der Waals surface area contributed by atoms with Crippen molar-refractivity contribution in [3.05, 3.63) is 59.7 Å². The molecule has 0 aliphatic rings. The van der Waals surface area contributed by atoms with Crippen molar-refractivity contribution in [3.63, 3.8) is 0 Å². The zero-order valence-electron chi connectivity index (χ0n) is 12.1. The van der Waals surface area contributed by atoms with E-state index in [1.165, 1.54) is 0 Å². The first-order valence-electron chi connectivity index (χ1n) is 7.09. The van der Waals surface area contributed by atoms with Crippen LogP contribution >= 0.6 is 0 Å². The fourth-order valence-corrected chi connectivity index (χ4v) is 2.44. The molecular formula is C18H22O2. The van der Waals surface area contributed by atoms with Gasteiger partial charge in [0.15, 0.2) is 0 Å². The molecule has 2 heteroatoms. The topological polar surface area (TPSA) is 40.5 Å².